The topological polar surface area (TPSA) is 46.4 Å². The predicted octanol–water partition coefficient (Wildman–Crippen LogP) is 1.25. The Labute approximate surface area is 101 Å². The van der Waals surface area contributed by atoms with Gasteiger partial charge in [-0.1, -0.05) is 6.92 Å². The van der Waals surface area contributed by atoms with E-state index < -0.39 is 10.8 Å². The van der Waals surface area contributed by atoms with Gasteiger partial charge in [-0.25, -0.2) is 4.98 Å². The molecule has 0 aliphatic carbocycles. The van der Waals surface area contributed by atoms with Crippen molar-refractivity contribution in [1.29, 1.82) is 0 Å². The van der Waals surface area contributed by atoms with Crippen LogP contribution >= 0.6 is 11.3 Å². The lowest BCUT2D eigenvalue weighted by Crippen LogP contribution is -2.20. The van der Waals surface area contributed by atoms with Crippen LogP contribution in [0.5, 0.6) is 0 Å². The molecule has 2 heterocycles. The Morgan fingerprint density at radius 1 is 1.62 bits per heavy atom. The van der Waals surface area contributed by atoms with Gasteiger partial charge < -0.3 is 5.32 Å². The minimum Gasteiger partial charge on any atom is -0.310 e. The highest BCUT2D eigenvalue weighted by Gasteiger charge is 2.02. The monoisotopic (exact) mass is 257 g/mol. The molecule has 88 valence electrons. The molecule has 6 heteroatoms. The molecule has 1 unspecified atom stereocenters. The molecule has 0 fully saturated rings. The third kappa shape index (κ3) is 2.90. The number of aromatic nitrogens is 2. The summed E-state index contributed by atoms with van der Waals surface area (Å²) < 4.78 is 13.2. The van der Waals surface area contributed by atoms with Crippen molar-refractivity contribution < 1.29 is 4.21 Å². The fourth-order valence-corrected chi connectivity index (χ4v) is 2.79. The van der Waals surface area contributed by atoms with Crippen LogP contribution in [0.3, 0.4) is 0 Å². The van der Waals surface area contributed by atoms with Crippen molar-refractivity contribution in [2.45, 2.75) is 13.5 Å². The Kier molecular flexibility index (Phi) is 4.09. The summed E-state index contributed by atoms with van der Waals surface area (Å²) in [6, 6.07) is 0. The Morgan fingerprint density at radius 2 is 2.50 bits per heavy atom. The van der Waals surface area contributed by atoms with Gasteiger partial charge in [-0.05, 0) is 0 Å². The summed E-state index contributed by atoms with van der Waals surface area (Å²) in [5.41, 5.74) is 1.04. The molecule has 0 bridgehead atoms. The molecular weight excluding hydrogens is 242 g/mol. The summed E-state index contributed by atoms with van der Waals surface area (Å²) in [4.78, 5) is 5.47. The molecule has 0 aromatic carbocycles. The molecule has 2 aromatic heterocycles. The summed E-state index contributed by atoms with van der Waals surface area (Å²) in [5.74, 6) is 1.46. The van der Waals surface area contributed by atoms with Gasteiger partial charge in [0.25, 0.3) is 0 Å². The summed E-state index contributed by atoms with van der Waals surface area (Å²) >= 11 is 1.63. The Hall–Kier alpha value is -0.720. The zero-order valence-corrected chi connectivity index (χ0v) is 10.8. The lowest BCUT2D eigenvalue weighted by Gasteiger charge is -2.01. The van der Waals surface area contributed by atoms with Crippen LogP contribution in [0.4, 0.5) is 0 Å². The lowest BCUT2D eigenvalue weighted by atomic mass is 10.5. The average Bonchev–Trinajstić information content (AvgIpc) is 2.84. The van der Waals surface area contributed by atoms with Crippen molar-refractivity contribution in [2.24, 2.45) is 0 Å². The molecule has 1 atom stereocenters. The average molecular weight is 257 g/mol. The largest absolute Gasteiger partial charge is 0.310 e. The highest BCUT2D eigenvalue weighted by Crippen LogP contribution is 2.10. The molecular formula is C10H15N3OS2. The first-order valence-corrected chi connectivity index (χ1v) is 7.63. The summed E-state index contributed by atoms with van der Waals surface area (Å²) in [6.45, 7) is 3.47. The third-order valence-electron chi connectivity index (χ3n) is 2.28. The summed E-state index contributed by atoms with van der Waals surface area (Å²) in [6.07, 6.45) is 4.03. The predicted molar refractivity (Wildman–Crippen MR) is 68.3 cm³/mol. The lowest BCUT2D eigenvalue weighted by molar-refractivity contribution is 0.672. The smallest absolute Gasteiger partial charge is 0.193 e. The van der Waals surface area contributed by atoms with E-state index in [1.54, 1.807) is 11.3 Å². The maximum atomic E-state index is 11.2. The van der Waals surface area contributed by atoms with Crippen LogP contribution in [-0.4, -0.2) is 31.6 Å². The molecule has 0 radical (unpaired) electrons. The normalized spacial score (nSPS) is 13.3. The maximum Gasteiger partial charge on any atom is 0.193 e. The van der Waals surface area contributed by atoms with Crippen molar-refractivity contribution in [2.75, 3.05) is 18.1 Å². The van der Waals surface area contributed by atoms with Crippen molar-refractivity contribution in [3.8, 4) is 0 Å². The quantitative estimate of drug-likeness (QED) is 0.792. The van der Waals surface area contributed by atoms with Gasteiger partial charge in [-0.3, -0.25) is 8.61 Å². The minimum absolute atomic E-state index is 0.678. The van der Waals surface area contributed by atoms with Crippen LogP contribution in [0.25, 0.3) is 4.96 Å². The number of nitrogens with one attached hydrogen (secondary N) is 1. The fraction of sp³-hybridized carbons (Fsp3) is 0.500. The first-order valence-electron chi connectivity index (χ1n) is 5.26. The molecule has 2 rings (SSSR count). The van der Waals surface area contributed by atoms with Gasteiger partial charge in [0.1, 0.15) is 0 Å². The van der Waals surface area contributed by atoms with E-state index in [2.05, 4.69) is 10.3 Å². The molecule has 0 aliphatic heterocycles. The second-order valence-electron chi connectivity index (χ2n) is 3.43. The van der Waals surface area contributed by atoms with E-state index in [0.717, 1.165) is 35.3 Å². The minimum atomic E-state index is -0.678. The van der Waals surface area contributed by atoms with Gasteiger partial charge in [0, 0.05) is 53.2 Å². The van der Waals surface area contributed by atoms with Crippen molar-refractivity contribution in [3.05, 3.63) is 23.5 Å². The van der Waals surface area contributed by atoms with E-state index in [0.29, 0.717) is 0 Å². The van der Waals surface area contributed by atoms with Crippen LogP contribution in [0.2, 0.25) is 0 Å². The molecule has 0 spiro atoms. The van der Waals surface area contributed by atoms with E-state index in [9.17, 15) is 4.21 Å². The molecule has 4 nitrogen and oxygen atoms in total. The zero-order chi connectivity index (χ0) is 11.4. The Morgan fingerprint density at radius 3 is 3.25 bits per heavy atom. The number of hydrogen-bond acceptors (Lipinski definition) is 4. The highest BCUT2D eigenvalue weighted by molar-refractivity contribution is 7.84. The SMILES string of the molecule is CCS(=O)CCNCc1cn2ccsc2n1. The molecule has 0 aliphatic rings. The van der Waals surface area contributed by atoms with Crippen LogP contribution in [0.15, 0.2) is 17.8 Å². The number of fused-ring (bicyclic) bond motifs is 1. The number of rotatable bonds is 6. The number of nitrogens with zero attached hydrogens (tertiary/aromatic N) is 2. The zero-order valence-electron chi connectivity index (χ0n) is 9.18. The first kappa shape index (κ1) is 11.8. The first-order chi connectivity index (χ1) is 7.79. The fourth-order valence-electron chi connectivity index (χ4n) is 1.41. The van der Waals surface area contributed by atoms with Crippen molar-refractivity contribution in [3.63, 3.8) is 0 Å². The van der Waals surface area contributed by atoms with Crippen LogP contribution in [0, 0.1) is 0 Å². The molecule has 0 amide bonds. The van der Waals surface area contributed by atoms with Gasteiger partial charge in [0.05, 0.1) is 5.69 Å². The number of imidazole rings is 1. The summed E-state index contributed by atoms with van der Waals surface area (Å²) in [5, 5.41) is 5.27. The number of hydrogen-bond donors (Lipinski definition) is 1. The van der Waals surface area contributed by atoms with Gasteiger partial charge >= 0.3 is 0 Å². The molecule has 0 saturated carbocycles. The Balaban J connectivity index is 1.78. The van der Waals surface area contributed by atoms with E-state index in [1.807, 2.05) is 29.1 Å². The van der Waals surface area contributed by atoms with E-state index in [4.69, 9.17) is 0 Å². The van der Waals surface area contributed by atoms with Crippen molar-refractivity contribution in [1.82, 2.24) is 14.7 Å². The Bertz CT molecular complexity index is 449. The standard InChI is InChI=1S/C10H15N3OS2/c1-2-16(14)6-3-11-7-9-8-13-4-5-15-10(13)12-9/h4-5,8,11H,2-3,6-7H2,1H3. The molecule has 2 aromatic rings. The van der Waals surface area contributed by atoms with Crippen LogP contribution in [0.1, 0.15) is 12.6 Å². The highest BCUT2D eigenvalue weighted by atomic mass is 32.2. The molecule has 1 N–H and O–H groups in total. The number of thiazole rings is 1. The maximum absolute atomic E-state index is 11.2. The van der Waals surface area contributed by atoms with E-state index >= 15 is 0 Å². The van der Waals surface area contributed by atoms with Crippen LogP contribution < -0.4 is 5.32 Å². The van der Waals surface area contributed by atoms with Gasteiger partial charge in [-0.15, -0.1) is 11.3 Å². The van der Waals surface area contributed by atoms with E-state index in [-0.39, 0.29) is 0 Å². The van der Waals surface area contributed by atoms with Gasteiger partial charge in [0.2, 0.25) is 0 Å². The third-order valence-corrected chi connectivity index (χ3v) is 4.35. The van der Waals surface area contributed by atoms with Crippen molar-refractivity contribution >= 4 is 27.1 Å². The van der Waals surface area contributed by atoms with Gasteiger partial charge in [0.15, 0.2) is 4.96 Å². The molecule has 16 heavy (non-hydrogen) atoms. The molecule has 0 saturated heterocycles. The second-order valence-corrected chi connectivity index (χ2v) is 6.17. The van der Waals surface area contributed by atoms with E-state index in [1.165, 1.54) is 0 Å². The van der Waals surface area contributed by atoms with Gasteiger partial charge in [-0.2, -0.15) is 0 Å². The summed E-state index contributed by atoms with van der Waals surface area (Å²) in [7, 11) is -0.678. The second kappa shape index (κ2) is 5.56. The van der Waals surface area contributed by atoms with Crippen LogP contribution in [-0.2, 0) is 17.3 Å².